The topological polar surface area (TPSA) is 64.2 Å². The van der Waals surface area contributed by atoms with Crippen molar-refractivity contribution in [2.45, 2.75) is 46.7 Å². The Morgan fingerprint density at radius 2 is 1.75 bits per heavy atom. The number of nitrogens with zero attached hydrogens (tertiary/aromatic N) is 3. The Bertz CT molecular complexity index is 1340. The van der Waals surface area contributed by atoms with Crippen molar-refractivity contribution in [2.24, 2.45) is 11.7 Å². The highest BCUT2D eigenvalue weighted by atomic mass is 19.1. The van der Waals surface area contributed by atoms with Gasteiger partial charge >= 0.3 is 0 Å². The van der Waals surface area contributed by atoms with Gasteiger partial charge in [0.15, 0.2) is 0 Å². The van der Waals surface area contributed by atoms with Gasteiger partial charge in [-0.2, -0.15) is 0 Å². The van der Waals surface area contributed by atoms with Crippen LogP contribution in [-0.4, -0.2) is 33.4 Å². The average Bonchev–Trinajstić information content (AvgIpc) is 3.18. The van der Waals surface area contributed by atoms with Gasteiger partial charge in [0, 0.05) is 18.7 Å². The number of fused-ring (bicyclic) bond motifs is 1. The van der Waals surface area contributed by atoms with Gasteiger partial charge in [0.05, 0.1) is 17.1 Å². The minimum Gasteiger partial charge on any atom is -0.330 e. The number of hydrogen-bond donors (Lipinski definition) is 1. The maximum absolute atomic E-state index is 14.0. The average molecular weight is 487 g/mol. The van der Waals surface area contributed by atoms with E-state index in [4.69, 9.17) is 10.7 Å². The Morgan fingerprint density at radius 3 is 2.42 bits per heavy atom. The minimum absolute atomic E-state index is 0.0392. The van der Waals surface area contributed by atoms with Crippen LogP contribution in [0.15, 0.2) is 66.7 Å². The summed E-state index contributed by atoms with van der Waals surface area (Å²) in [5.41, 5.74) is 11.4. The summed E-state index contributed by atoms with van der Waals surface area (Å²) in [6, 6.07) is 20.2. The van der Waals surface area contributed by atoms with Crippen molar-refractivity contribution < 1.29 is 9.18 Å². The molecule has 4 aromatic rings. The SMILES string of the molecule is Cc1ccc(C(=O)N(CCCN)C(c2nc3cc(C)ccc3n2Cc2cccc(F)c2)C(C)C)cc1. The van der Waals surface area contributed by atoms with Crippen molar-refractivity contribution in [2.75, 3.05) is 13.1 Å². The maximum Gasteiger partial charge on any atom is 0.254 e. The highest BCUT2D eigenvalue weighted by Gasteiger charge is 2.32. The molecule has 4 rings (SSSR count). The first kappa shape index (κ1) is 25.6. The third kappa shape index (κ3) is 5.49. The largest absolute Gasteiger partial charge is 0.330 e. The number of imidazole rings is 1. The number of halogens is 1. The molecule has 0 aliphatic rings. The summed E-state index contributed by atoms with van der Waals surface area (Å²) in [7, 11) is 0. The zero-order valence-corrected chi connectivity index (χ0v) is 21.5. The maximum atomic E-state index is 14.0. The first-order valence-corrected chi connectivity index (χ1v) is 12.6. The Morgan fingerprint density at radius 1 is 1.03 bits per heavy atom. The molecule has 188 valence electrons. The smallest absolute Gasteiger partial charge is 0.254 e. The van der Waals surface area contributed by atoms with Crippen LogP contribution in [0.4, 0.5) is 4.39 Å². The van der Waals surface area contributed by atoms with Crippen LogP contribution in [-0.2, 0) is 6.54 Å². The molecule has 1 amide bonds. The van der Waals surface area contributed by atoms with E-state index in [1.807, 2.05) is 49.1 Å². The Balaban J connectivity index is 1.86. The lowest BCUT2D eigenvalue weighted by atomic mass is 9.99. The lowest BCUT2D eigenvalue weighted by Gasteiger charge is -2.34. The molecule has 3 aromatic carbocycles. The Labute approximate surface area is 212 Å². The molecule has 0 radical (unpaired) electrons. The lowest BCUT2D eigenvalue weighted by Crippen LogP contribution is -2.40. The van der Waals surface area contributed by atoms with Crippen LogP contribution in [0, 0.1) is 25.6 Å². The van der Waals surface area contributed by atoms with Crippen molar-refractivity contribution >= 4 is 16.9 Å². The molecule has 5 nitrogen and oxygen atoms in total. The number of aromatic nitrogens is 2. The van der Waals surface area contributed by atoms with Crippen LogP contribution in [0.2, 0.25) is 0 Å². The first-order chi connectivity index (χ1) is 17.3. The highest BCUT2D eigenvalue weighted by Crippen LogP contribution is 2.33. The molecule has 0 aliphatic carbocycles. The number of amides is 1. The summed E-state index contributed by atoms with van der Waals surface area (Å²) >= 11 is 0. The monoisotopic (exact) mass is 486 g/mol. The van der Waals surface area contributed by atoms with Gasteiger partial charge in [0.2, 0.25) is 0 Å². The standard InChI is InChI=1S/C30H35FN4O/c1-20(2)28(34(16-6-15-32)30(36)24-12-9-21(3)10-13-24)29-33-26-17-22(4)11-14-27(26)35(29)19-23-7-5-8-25(31)18-23/h5,7-14,17-18,20,28H,6,15-16,19,32H2,1-4H3. The second-order valence-corrected chi connectivity index (χ2v) is 9.87. The summed E-state index contributed by atoms with van der Waals surface area (Å²) in [6.45, 7) is 9.74. The van der Waals surface area contributed by atoms with E-state index < -0.39 is 0 Å². The van der Waals surface area contributed by atoms with Crippen LogP contribution in [0.1, 0.15) is 59.2 Å². The minimum atomic E-state index is -0.286. The summed E-state index contributed by atoms with van der Waals surface area (Å²) in [5, 5.41) is 0. The van der Waals surface area contributed by atoms with E-state index in [1.165, 1.54) is 6.07 Å². The van der Waals surface area contributed by atoms with Gasteiger partial charge in [-0.15, -0.1) is 0 Å². The predicted octanol–water partition coefficient (Wildman–Crippen LogP) is 6.03. The molecule has 1 aromatic heterocycles. The van der Waals surface area contributed by atoms with E-state index in [1.54, 1.807) is 12.1 Å². The lowest BCUT2D eigenvalue weighted by molar-refractivity contribution is 0.0605. The summed E-state index contributed by atoms with van der Waals surface area (Å²) in [6.07, 6.45) is 0.685. The van der Waals surface area contributed by atoms with Crippen LogP contribution in [0.25, 0.3) is 11.0 Å². The van der Waals surface area contributed by atoms with Crippen molar-refractivity contribution in [1.29, 1.82) is 0 Å². The highest BCUT2D eigenvalue weighted by molar-refractivity contribution is 5.94. The normalized spacial score (nSPS) is 12.3. The number of carbonyl (C=O) groups excluding carboxylic acids is 1. The Kier molecular flexibility index (Phi) is 7.85. The van der Waals surface area contributed by atoms with Crippen molar-refractivity contribution in [1.82, 2.24) is 14.5 Å². The fourth-order valence-corrected chi connectivity index (χ4v) is 4.76. The molecule has 36 heavy (non-hydrogen) atoms. The molecule has 0 fully saturated rings. The number of benzene rings is 3. The molecule has 0 aliphatic heterocycles. The molecule has 0 saturated carbocycles. The molecule has 0 spiro atoms. The van der Waals surface area contributed by atoms with Gasteiger partial charge in [-0.25, -0.2) is 9.37 Å². The van der Waals surface area contributed by atoms with Crippen molar-refractivity contribution in [3.05, 3.63) is 101 Å². The molecule has 1 heterocycles. The van der Waals surface area contributed by atoms with Crippen LogP contribution in [0.5, 0.6) is 0 Å². The van der Waals surface area contributed by atoms with E-state index in [9.17, 15) is 9.18 Å². The molecule has 0 saturated heterocycles. The number of rotatable bonds is 9. The van der Waals surface area contributed by atoms with Crippen LogP contribution in [0.3, 0.4) is 0 Å². The molecule has 1 atom stereocenters. The van der Waals surface area contributed by atoms with Crippen molar-refractivity contribution in [3.63, 3.8) is 0 Å². The summed E-state index contributed by atoms with van der Waals surface area (Å²) < 4.78 is 16.2. The van der Waals surface area contributed by atoms with Gasteiger partial charge in [-0.3, -0.25) is 4.79 Å². The van der Waals surface area contributed by atoms with E-state index in [0.717, 1.165) is 33.5 Å². The quantitative estimate of drug-likeness (QED) is 0.314. The third-order valence-corrected chi connectivity index (χ3v) is 6.56. The predicted molar refractivity (Wildman–Crippen MR) is 143 cm³/mol. The molecule has 1 unspecified atom stereocenters. The van der Waals surface area contributed by atoms with Crippen molar-refractivity contribution in [3.8, 4) is 0 Å². The zero-order chi connectivity index (χ0) is 25.8. The van der Waals surface area contributed by atoms with Gasteiger partial charge in [0.25, 0.3) is 5.91 Å². The number of hydrogen-bond acceptors (Lipinski definition) is 3. The molecule has 0 bridgehead atoms. The zero-order valence-electron chi connectivity index (χ0n) is 21.5. The Hall–Kier alpha value is -3.51. The van der Waals surface area contributed by atoms with E-state index in [2.05, 4.69) is 36.6 Å². The molecular formula is C30H35FN4O. The fraction of sp³-hybridized carbons (Fsp3) is 0.333. The van der Waals surface area contributed by atoms with Crippen LogP contribution < -0.4 is 5.73 Å². The van der Waals surface area contributed by atoms with Crippen LogP contribution >= 0.6 is 0 Å². The fourth-order valence-electron chi connectivity index (χ4n) is 4.76. The molecular weight excluding hydrogens is 451 g/mol. The first-order valence-electron chi connectivity index (χ1n) is 12.6. The summed E-state index contributed by atoms with van der Waals surface area (Å²) in [4.78, 5) is 20.9. The van der Waals surface area contributed by atoms with Gasteiger partial charge in [-0.05, 0) is 80.3 Å². The number of carbonyl (C=O) groups is 1. The number of aryl methyl sites for hydroxylation is 2. The second-order valence-electron chi connectivity index (χ2n) is 9.87. The molecule has 2 N–H and O–H groups in total. The second kappa shape index (κ2) is 11.0. The van der Waals surface area contributed by atoms with Gasteiger partial charge < -0.3 is 15.2 Å². The van der Waals surface area contributed by atoms with E-state index >= 15 is 0 Å². The summed E-state index contributed by atoms with van der Waals surface area (Å²) in [5.74, 6) is 0.574. The van der Waals surface area contributed by atoms with E-state index in [-0.39, 0.29) is 23.7 Å². The third-order valence-electron chi connectivity index (χ3n) is 6.56. The number of nitrogens with two attached hydrogens (primary N) is 1. The molecule has 6 heteroatoms. The van der Waals surface area contributed by atoms with Gasteiger partial charge in [-0.1, -0.05) is 49.7 Å². The van der Waals surface area contributed by atoms with Gasteiger partial charge in [0.1, 0.15) is 11.6 Å². The van der Waals surface area contributed by atoms with E-state index in [0.29, 0.717) is 31.6 Å².